The maximum atomic E-state index is 13.5. The lowest BCUT2D eigenvalue weighted by molar-refractivity contribution is -0.126. The van der Waals surface area contributed by atoms with Crippen molar-refractivity contribution in [1.82, 2.24) is 4.90 Å². The molecule has 0 aromatic heterocycles. The van der Waals surface area contributed by atoms with E-state index in [1.54, 1.807) is 12.1 Å². The molecule has 4 aromatic carbocycles. The Morgan fingerprint density at radius 3 is 1.97 bits per heavy atom. The van der Waals surface area contributed by atoms with Crippen LogP contribution in [0.15, 0.2) is 120 Å². The molecule has 2 unspecified atom stereocenters. The number of likely N-dealkylation sites (tertiary alicyclic amines) is 1. The van der Waals surface area contributed by atoms with Crippen LogP contribution in [0.25, 0.3) is 0 Å². The number of carbonyl (C=O) groups excluding carboxylic acids is 1. The molecule has 1 saturated carbocycles. The molecule has 2 fully saturated rings. The summed E-state index contributed by atoms with van der Waals surface area (Å²) in [5.74, 6) is 1.21. The van der Waals surface area contributed by atoms with Crippen molar-refractivity contribution in [2.45, 2.75) is 31.2 Å². The van der Waals surface area contributed by atoms with Crippen LogP contribution in [-0.2, 0) is 23.2 Å². The van der Waals surface area contributed by atoms with Crippen LogP contribution in [0.2, 0.25) is 0 Å². The third-order valence-electron chi connectivity index (χ3n) is 8.64. The molecule has 3 nitrogen and oxygen atoms in total. The van der Waals surface area contributed by atoms with E-state index in [4.69, 9.17) is 4.99 Å². The van der Waals surface area contributed by atoms with Crippen LogP contribution in [-0.4, -0.2) is 29.6 Å². The number of fused-ring (bicyclic) bond motifs is 1. The summed E-state index contributed by atoms with van der Waals surface area (Å²) in [5.41, 5.74) is 4.50. The highest BCUT2D eigenvalue weighted by Crippen LogP contribution is 2.52. The number of hydrogen-bond acceptors (Lipinski definition) is 2. The number of aliphatic imine (C=N–C) groups is 1. The summed E-state index contributed by atoms with van der Waals surface area (Å²) in [4.78, 5) is 20.9. The van der Waals surface area contributed by atoms with Crippen molar-refractivity contribution in [2.75, 3.05) is 13.1 Å². The lowest BCUT2D eigenvalue weighted by Gasteiger charge is -2.45. The zero-order valence-electron chi connectivity index (χ0n) is 22.0. The maximum Gasteiger partial charge on any atom is 0.138 e. The second-order valence-corrected chi connectivity index (χ2v) is 10.8. The molecule has 39 heavy (non-hydrogen) atoms. The van der Waals surface area contributed by atoms with Gasteiger partial charge in [0.2, 0.25) is 0 Å². The summed E-state index contributed by atoms with van der Waals surface area (Å²) in [6.45, 7) is 1.93. The maximum absolute atomic E-state index is 13.5. The summed E-state index contributed by atoms with van der Waals surface area (Å²) in [7, 11) is 0. The highest BCUT2D eigenvalue weighted by Gasteiger charge is 2.54. The van der Waals surface area contributed by atoms with E-state index in [0.717, 1.165) is 24.4 Å². The second kappa shape index (κ2) is 11.0. The van der Waals surface area contributed by atoms with Crippen molar-refractivity contribution < 1.29 is 9.18 Å². The van der Waals surface area contributed by atoms with E-state index < -0.39 is 0 Å². The zero-order chi connectivity index (χ0) is 26.7. The number of carbonyl (C=O) groups is 1. The Hall–Kier alpha value is -4.05. The van der Waals surface area contributed by atoms with E-state index in [9.17, 15) is 9.18 Å². The molecule has 1 saturated heterocycles. The van der Waals surface area contributed by atoms with Gasteiger partial charge in [-0.15, -0.1) is 0 Å². The third kappa shape index (κ3) is 5.04. The highest BCUT2D eigenvalue weighted by atomic mass is 19.1. The SMILES string of the molecule is O=C1CCC(c2ccccc2)(c2ccccc2)C2CN(C(Cc3ccccc3)=NCc3ccc(F)cc3)CC12. The number of amidine groups is 1. The first-order valence-electron chi connectivity index (χ1n) is 13.8. The van der Waals surface area contributed by atoms with E-state index in [1.807, 2.05) is 6.07 Å². The molecule has 1 aliphatic heterocycles. The van der Waals surface area contributed by atoms with Crippen LogP contribution in [0, 0.1) is 17.7 Å². The van der Waals surface area contributed by atoms with Crippen LogP contribution in [0.5, 0.6) is 0 Å². The quantitative estimate of drug-likeness (QED) is 0.207. The van der Waals surface area contributed by atoms with Gasteiger partial charge in [0, 0.05) is 43.2 Å². The van der Waals surface area contributed by atoms with E-state index in [-0.39, 0.29) is 23.1 Å². The van der Waals surface area contributed by atoms with E-state index >= 15 is 0 Å². The number of hydrogen-bond donors (Lipinski definition) is 0. The summed E-state index contributed by atoms with van der Waals surface area (Å²) in [5, 5.41) is 0. The molecule has 0 amide bonds. The minimum Gasteiger partial charge on any atom is -0.359 e. The van der Waals surface area contributed by atoms with E-state index in [2.05, 4.69) is 89.8 Å². The Labute approximate surface area is 230 Å². The fraction of sp³-hybridized carbons (Fsp3) is 0.257. The molecule has 1 heterocycles. The van der Waals surface area contributed by atoms with Crippen molar-refractivity contribution in [1.29, 1.82) is 0 Å². The van der Waals surface area contributed by atoms with Gasteiger partial charge in [0.25, 0.3) is 0 Å². The van der Waals surface area contributed by atoms with Crippen molar-refractivity contribution in [2.24, 2.45) is 16.8 Å². The molecule has 0 N–H and O–H groups in total. The largest absolute Gasteiger partial charge is 0.359 e. The van der Waals surface area contributed by atoms with Gasteiger partial charge in [0.1, 0.15) is 17.4 Å². The number of rotatable bonds is 6. The molecule has 1 aliphatic carbocycles. The second-order valence-electron chi connectivity index (χ2n) is 10.8. The molecule has 6 rings (SSSR count). The Bertz CT molecular complexity index is 1400. The first-order chi connectivity index (χ1) is 19.1. The third-order valence-corrected chi connectivity index (χ3v) is 8.64. The van der Waals surface area contributed by atoms with Crippen LogP contribution >= 0.6 is 0 Å². The van der Waals surface area contributed by atoms with Gasteiger partial charge in [-0.1, -0.05) is 103 Å². The van der Waals surface area contributed by atoms with Crippen LogP contribution in [0.1, 0.15) is 35.1 Å². The summed E-state index contributed by atoms with van der Waals surface area (Å²) >= 11 is 0. The average molecular weight is 517 g/mol. The first-order valence-corrected chi connectivity index (χ1v) is 13.8. The van der Waals surface area contributed by atoms with Gasteiger partial charge in [-0.2, -0.15) is 0 Å². The Morgan fingerprint density at radius 2 is 1.36 bits per heavy atom. The number of nitrogens with zero attached hydrogens (tertiary/aromatic N) is 2. The minimum absolute atomic E-state index is 0.0500. The number of halogens is 1. The minimum atomic E-state index is -0.243. The molecular formula is C35H33FN2O. The predicted molar refractivity (Wildman–Crippen MR) is 154 cm³/mol. The van der Waals surface area contributed by atoms with E-state index in [0.29, 0.717) is 31.7 Å². The lowest BCUT2D eigenvalue weighted by atomic mass is 9.56. The first kappa shape index (κ1) is 25.2. The molecule has 196 valence electrons. The lowest BCUT2D eigenvalue weighted by Crippen LogP contribution is -2.47. The number of ketones is 1. The monoisotopic (exact) mass is 516 g/mol. The fourth-order valence-corrected chi connectivity index (χ4v) is 6.70. The van der Waals surface area contributed by atoms with Crippen molar-refractivity contribution in [3.63, 3.8) is 0 Å². The van der Waals surface area contributed by atoms with Crippen molar-refractivity contribution >= 4 is 11.6 Å². The number of Topliss-reactive ketones (excluding diaryl/α,β-unsaturated/α-hetero) is 1. The molecule has 4 heteroatoms. The molecule has 0 spiro atoms. The smallest absolute Gasteiger partial charge is 0.138 e. The van der Waals surface area contributed by atoms with Gasteiger partial charge in [-0.05, 0) is 40.8 Å². The highest BCUT2D eigenvalue weighted by molar-refractivity contribution is 5.88. The van der Waals surface area contributed by atoms with Crippen molar-refractivity contribution in [3.8, 4) is 0 Å². The Kier molecular flexibility index (Phi) is 7.10. The van der Waals surface area contributed by atoms with Crippen LogP contribution in [0.3, 0.4) is 0 Å². The molecule has 0 radical (unpaired) electrons. The Balaban J connectivity index is 1.39. The fourth-order valence-electron chi connectivity index (χ4n) is 6.70. The summed E-state index contributed by atoms with van der Waals surface area (Å²) in [6, 6.07) is 38.4. The number of benzene rings is 4. The average Bonchev–Trinajstić information content (AvgIpc) is 3.45. The van der Waals surface area contributed by atoms with Gasteiger partial charge in [0.15, 0.2) is 0 Å². The summed E-state index contributed by atoms with van der Waals surface area (Å²) in [6.07, 6.45) is 2.09. The predicted octanol–water partition coefficient (Wildman–Crippen LogP) is 6.86. The molecule has 2 atom stereocenters. The van der Waals surface area contributed by atoms with Crippen LogP contribution < -0.4 is 0 Å². The molecular weight excluding hydrogens is 483 g/mol. The summed E-state index contributed by atoms with van der Waals surface area (Å²) < 4.78 is 13.5. The molecule has 0 bridgehead atoms. The van der Waals surface area contributed by atoms with E-state index in [1.165, 1.54) is 28.8 Å². The Morgan fingerprint density at radius 1 is 0.769 bits per heavy atom. The van der Waals surface area contributed by atoms with Gasteiger partial charge in [-0.3, -0.25) is 9.79 Å². The topological polar surface area (TPSA) is 32.7 Å². The van der Waals surface area contributed by atoms with Gasteiger partial charge < -0.3 is 4.90 Å². The molecule has 4 aromatic rings. The zero-order valence-corrected chi connectivity index (χ0v) is 22.0. The molecule has 2 aliphatic rings. The standard InChI is InChI=1S/C35H33FN2O/c36-30-18-16-27(17-19-30)23-37-34(22-26-10-4-1-5-11-26)38-24-31-32(25-38)35(21-20-33(31)39,28-12-6-2-7-13-28)29-14-8-3-9-15-29/h1-19,31-32H,20-25H2. The van der Waals surface area contributed by atoms with Crippen molar-refractivity contribution in [3.05, 3.63) is 143 Å². The normalized spacial score (nSPS) is 20.6. The van der Waals surface area contributed by atoms with Gasteiger partial charge in [0.05, 0.1) is 6.54 Å². The van der Waals surface area contributed by atoms with Gasteiger partial charge in [-0.25, -0.2) is 4.39 Å². The van der Waals surface area contributed by atoms with Crippen LogP contribution in [0.4, 0.5) is 4.39 Å². The van der Waals surface area contributed by atoms with Gasteiger partial charge >= 0.3 is 0 Å².